The number of aromatic nitrogens is 4. The zero-order valence-electron chi connectivity index (χ0n) is 38.0. The minimum absolute atomic E-state index is 0.0363. The topological polar surface area (TPSA) is 163 Å². The van der Waals surface area contributed by atoms with Crippen LogP contribution in [0.1, 0.15) is 23.9 Å². The van der Waals surface area contributed by atoms with Crippen LogP contribution in [0.25, 0.3) is 44.8 Å². The minimum atomic E-state index is -3.31. The fraction of sp³-hybridized carbons (Fsp3) is 0.333. The van der Waals surface area contributed by atoms with Crippen molar-refractivity contribution in [2.24, 2.45) is 0 Å². The van der Waals surface area contributed by atoms with Crippen LogP contribution in [0.15, 0.2) is 113 Å². The Balaban J connectivity index is 0.000000241. The highest BCUT2D eigenvalue weighted by molar-refractivity contribution is 7.91. The summed E-state index contributed by atoms with van der Waals surface area (Å²) in [5.74, 6) is -0.664. The molecule has 2 heterocycles. The second-order valence-electron chi connectivity index (χ2n) is 16.1. The molecular weight excluding hydrogens is 853 g/mol. The van der Waals surface area contributed by atoms with Gasteiger partial charge in [-0.05, 0) is 118 Å². The molecule has 340 valence electrons. The van der Waals surface area contributed by atoms with E-state index in [4.69, 9.17) is 9.47 Å². The molecule has 2 aromatic heterocycles. The summed E-state index contributed by atoms with van der Waals surface area (Å²) >= 11 is 0. The van der Waals surface area contributed by atoms with Crippen molar-refractivity contribution in [3.05, 3.63) is 120 Å². The van der Waals surface area contributed by atoms with Crippen LogP contribution in [0.5, 0.6) is 0 Å². The largest absolute Gasteiger partial charge is 0.463 e. The minimum Gasteiger partial charge on any atom is -0.463 e. The van der Waals surface area contributed by atoms with E-state index in [0.29, 0.717) is 37.6 Å². The zero-order chi connectivity index (χ0) is 46.8. The van der Waals surface area contributed by atoms with Crippen molar-refractivity contribution in [1.29, 1.82) is 0 Å². The quantitative estimate of drug-likeness (QED) is 0.0900. The van der Waals surface area contributed by atoms with Crippen LogP contribution >= 0.6 is 0 Å². The third-order valence-electron chi connectivity index (χ3n) is 10.1. The van der Waals surface area contributed by atoms with Crippen LogP contribution in [-0.4, -0.2) is 125 Å². The molecule has 0 bridgehead atoms. The van der Waals surface area contributed by atoms with Crippen molar-refractivity contribution in [3.63, 3.8) is 0 Å². The molecule has 16 heteroatoms. The number of carbonyl (C=O) groups is 2. The molecule has 0 aliphatic rings. The lowest BCUT2D eigenvalue weighted by molar-refractivity contribution is -0.145. The Morgan fingerprint density at radius 1 is 0.562 bits per heavy atom. The first-order valence-electron chi connectivity index (χ1n) is 20.8. The van der Waals surface area contributed by atoms with Gasteiger partial charge in [0, 0.05) is 25.6 Å². The number of sulfone groups is 2. The average molecular weight is 911 g/mol. The van der Waals surface area contributed by atoms with E-state index < -0.39 is 19.7 Å². The first-order chi connectivity index (χ1) is 30.2. The lowest BCUT2D eigenvalue weighted by Crippen LogP contribution is -2.22. The van der Waals surface area contributed by atoms with Crippen molar-refractivity contribution in [2.45, 2.75) is 50.1 Å². The van der Waals surface area contributed by atoms with Gasteiger partial charge in [-0.15, -0.1) is 0 Å². The SMILES string of the molecule is CCc1ccc(-c2ccc(-c3cc(C)nn3CC(=O)OCCN(C)C)cc2)cc1S(C)(=O)=O.Cc1cc(-c2ccc(-c3cccc(S(C)(=O)=O)c3)cc2)n(CC(=O)OCCN(C)C)n1. The lowest BCUT2D eigenvalue weighted by atomic mass is 10.0. The number of ether oxygens (including phenoxy) is 2. The average Bonchev–Trinajstić information content (AvgIpc) is 3.80. The molecule has 0 fully saturated rings. The summed E-state index contributed by atoms with van der Waals surface area (Å²) in [5.41, 5.74) is 9.37. The van der Waals surface area contributed by atoms with Gasteiger partial charge in [0.05, 0.1) is 32.6 Å². The molecule has 6 rings (SSSR count). The Labute approximate surface area is 377 Å². The van der Waals surface area contributed by atoms with Crippen LogP contribution < -0.4 is 0 Å². The molecule has 0 saturated heterocycles. The van der Waals surface area contributed by atoms with Gasteiger partial charge in [0.2, 0.25) is 0 Å². The van der Waals surface area contributed by atoms with Crippen LogP contribution in [0.3, 0.4) is 0 Å². The first-order valence-corrected chi connectivity index (χ1v) is 24.5. The van der Waals surface area contributed by atoms with Gasteiger partial charge < -0.3 is 19.3 Å². The van der Waals surface area contributed by atoms with Crippen molar-refractivity contribution in [2.75, 3.05) is 67.0 Å². The molecule has 64 heavy (non-hydrogen) atoms. The normalized spacial score (nSPS) is 11.7. The van der Waals surface area contributed by atoms with Crippen LogP contribution in [-0.2, 0) is 58.2 Å². The maximum absolute atomic E-state index is 12.2. The van der Waals surface area contributed by atoms with Gasteiger partial charge in [-0.2, -0.15) is 10.2 Å². The third-order valence-corrected chi connectivity index (χ3v) is 12.4. The van der Waals surface area contributed by atoms with Gasteiger partial charge in [0.1, 0.15) is 26.3 Å². The second-order valence-corrected chi connectivity index (χ2v) is 20.1. The van der Waals surface area contributed by atoms with E-state index in [0.717, 1.165) is 61.7 Å². The Morgan fingerprint density at radius 2 is 0.984 bits per heavy atom. The Kier molecular flexibility index (Phi) is 16.6. The second kappa shape index (κ2) is 21.6. The Hall–Kier alpha value is -5.94. The molecular formula is C48H58N6O8S2. The molecule has 4 aromatic carbocycles. The molecule has 0 unspecified atom stereocenters. The van der Waals surface area contributed by atoms with E-state index in [1.807, 2.05) is 138 Å². The fourth-order valence-corrected chi connectivity index (χ4v) is 8.46. The fourth-order valence-electron chi connectivity index (χ4n) is 6.76. The lowest BCUT2D eigenvalue weighted by Gasteiger charge is -2.12. The summed E-state index contributed by atoms with van der Waals surface area (Å²) in [7, 11) is 1.11. The maximum atomic E-state index is 12.2. The van der Waals surface area contributed by atoms with Crippen LogP contribution in [0.4, 0.5) is 0 Å². The molecule has 0 saturated carbocycles. The number of aryl methyl sites for hydroxylation is 3. The smallest absolute Gasteiger partial charge is 0.327 e. The maximum Gasteiger partial charge on any atom is 0.327 e. The molecule has 0 spiro atoms. The van der Waals surface area contributed by atoms with Gasteiger partial charge in [-0.3, -0.25) is 19.0 Å². The molecule has 14 nitrogen and oxygen atoms in total. The first kappa shape index (κ1) is 49.1. The highest BCUT2D eigenvalue weighted by Crippen LogP contribution is 2.30. The number of rotatable bonds is 17. The third kappa shape index (κ3) is 13.8. The van der Waals surface area contributed by atoms with Gasteiger partial charge in [-0.25, -0.2) is 16.8 Å². The monoisotopic (exact) mass is 910 g/mol. The van der Waals surface area contributed by atoms with Gasteiger partial charge in [0.15, 0.2) is 19.7 Å². The molecule has 0 radical (unpaired) electrons. The summed E-state index contributed by atoms with van der Waals surface area (Å²) in [6.45, 7) is 7.78. The van der Waals surface area contributed by atoms with Crippen LogP contribution in [0.2, 0.25) is 0 Å². The number of hydrogen-bond acceptors (Lipinski definition) is 12. The summed E-state index contributed by atoms with van der Waals surface area (Å²) in [6.07, 6.45) is 3.09. The van der Waals surface area contributed by atoms with E-state index in [9.17, 15) is 26.4 Å². The summed E-state index contributed by atoms with van der Waals surface area (Å²) < 4.78 is 62.0. The number of carbonyl (C=O) groups excluding carboxylic acids is 2. The summed E-state index contributed by atoms with van der Waals surface area (Å²) in [4.78, 5) is 29.0. The van der Waals surface area contributed by atoms with Crippen molar-refractivity contribution in [3.8, 4) is 44.8 Å². The van der Waals surface area contributed by atoms with E-state index in [1.54, 1.807) is 33.6 Å². The number of esters is 2. The number of likely N-dealkylation sites (N-methyl/N-ethyl adjacent to an activating group) is 2. The summed E-state index contributed by atoms with van der Waals surface area (Å²) in [6, 6.07) is 31.8. The van der Waals surface area contributed by atoms with E-state index >= 15 is 0 Å². The van der Waals surface area contributed by atoms with Gasteiger partial charge in [0.25, 0.3) is 0 Å². The molecule has 6 aromatic rings. The van der Waals surface area contributed by atoms with E-state index in [2.05, 4.69) is 10.2 Å². The molecule has 0 aliphatic carbocycles. The highest BCUT2D eigenvalue weighted by Gasteiger charge is 2.17. The van der Waals surface area contributed by atoms with Crippen molar-refractivity contribution >= 4 is 31.6 Å². The Morgan fingerprint density at radius 3 is 1.39 bits per heavy atom. The molecule has 0 amide bonds. The number of hydrogen-bond donors (Lipinski definition) is 0. The predicted octanol–water partition coefficient (Wildman–Crippen LogP) is 6.63. The molecule has 0 aliphatic heterocycles. The van der Waals surface area contributed by atoms with Crippen molar-refractivity contribution in [1.82, 2.24) is 29.4 Å². The molecule has 0 atom stereocenters. The van der Waals surface area contributed by atoms with Gasteiger partial charge in [-0.1, -0.05) is 79.7 Å². The van der Waals surface area contributed by atoms with E-state index in [-0.39, 0.29) is 29.9 Å². The number of nitrogens with zero attached hydrogens (tertiary/aromatic N) is 6. The Bertz CT molecular complexity index is 2780. The standard InChI is InChI=1S/C25H31N3O4S.C23H27N3O4S/c1-6-19-7-12-22(16-24(19)33(5,30)31)20-8-10-21(11-9-20)23-15-18(2)26-28(23)17-25(29)32-14-13-27(3)4;1-17-14-22(26(24-17)16-23(27)30-13-12-25(2)3)19-10-8-18(9-11-19)20-6-5-7-21(15-20)31(4,28)29/h7-12,15-16H,6,13-14,17H2,1-5H3;5-11,14-15H,12-13,16H2,1-4H3. The van der Waals surface area contributed by atoms with Gasteiger partial charge >= 0.3 is 11.9 Å². The molecule has 0 N–H and O–H groups in total. The predicted molar refractivity (Wildman–Crippen MR) is 250 cm³/mol. The van der Waals surface area contributed by atoms with Crippen LogP contribution in [0, 0.1) is 13.8 Å². The number of benzene rings is 4. The zero-order valence-corrected chi connectivity index (χ0v) is 39.7. The van der Waals surface area contributed by atoms with Crippen molar-refractivity contribution < 1.29 is 35.9 Å². The highest BCUT2D eigenvalue weighted by atomic mass is 32.2. The van der Waals surface area contributed by atoms with E-state index in [1.165, 1.54) is 12.5 Å². The summed E-state index contributed by atoms with van der Waals surface area (Å²) in [5, 5.41) is 8.88.